The summed E-state index contributed by atoms with van der Waals surface area (Å²) in [5, 5.41) is 0. The van der Waals surface area contributed by atoms with E-state index in [1.54, 1.807) is 29.2 Å². The molecular formula is C20H20N2O3. The fourth-order valence-electron chi connectivity index (χ4n) is 2.73. The van der Waals surface area contributed by atoms with Crippen LogP contribution in [-0.2, 0) is 9.53 Å². The first kappa shape index (κ1) is 16.8. The van der Waals surface area contributed by atoms with Crippen LogP contribution in [-0.4, -0.2) is 36.5 Å². The highest BCUT2D eigenvalue weighted by atomic mass is 16.5. The van der Waals surface area contributed by atoms with Crippen molar-refractivity contribution in [3.05, 3.63) is 71.8 Å². The van der Waals surface area contributed by atoms with E-state index in [1.165, 1.54) is 11.1 Å². The summed E-state index contributed by atoms with van der Waals surface area (Å²) in [4.78, 5) is 25.9. The first-order valence-electron chi connectivity index (χ1n) is 8.18. The lowest BCUT2D eigenvalue weighted by atomic mass is 10.00. The van der Waals surface area contributed by atoms with Gasteiger partial charge in [-0.3, -0.25) is 4.79 Å². The van der Waals surface area contributed by atoms with Crippen LogP contribution in [0.1, 0.15) is 22.3 Å². The molecule has 0 fully saturated rings. The van der Waals surface area contributed by atoms with Crippen molar-refractivity contribution in [3.63, 3.8) is 0 Å². The Bertz CT molecular complexity index is 782. The van der Waals surface area contributed by atoms with Crippen LogP contribution in [0.4, 0.5) is 5.69 Å². The highest BCUT2D eigenvalue weighted by Crippen LogP contribution is 2.22. The molecule has 5 nitrogen and oxygen atoms in total. The highest BCUT2D eigenvalue weighted by molar-refractivity contribution is 5.91. The molecule has 0 saturated carbocycles. The lowest BCUT2D eigenvalue weighted by Gasteiger charge is -2.26. The zero-order chi connectivity index (χ0) is 17.6. The van der Waals surface area contributed by atoms with Gasteiger partial charge in [0.15, 0.2) is 6.61 Å². The number of hydrogen-bond donors (Lipinski definition) is 1. The van der Waals surface area contributed by atoms with Gasteiger partial charge in [0.25, 0.3) is 5.91 Å². The fraction of sp³-hybridized carbons (Fsp3) is 0.200. The fourth-order valence-corrected chi connectivity index (χ4v) is 2.73. The standard InChI is InChI=1S/C20H20N2O3/c21-18-8-6-17(7-9-18)20(24)25-14-19(23)22-12-10-16(11-13-22)15-4-2-1-3-5-15/h1-10H,11-14,21H2. The second-order valence-electron chi connectivity index (χ2n) is 5.88. The monoisotopic (exact) mass is 336 g/mol. The molecule has 1 aliphatic heterocycles. The second-order valence-corrected chi connectivity index (χ2v) is 5.88. The van der Waals surface area contributed by atoms with Crippen LogP contribution in [0.5, 0.6) is 0 Å². The smallest absolute Gasteiger partial charge is 0.338 e. The number of rotatable bonds is 4. The molecule has 0 aromatic heterocycles. The zero-order valence-electron chi connectivity index (χ0n) is 13.9. The lowest BCUT2D eigenvalue weighted by molar-refractivity contribution is -0.134. The molecule has 25 heavy (non-hydrogen) atoms. The third kappa shape index (κ3) is 4.26. The number of benzene rings is 2. The summed E-state index contributed by atoms with van der Waals surface area (Å²) in [5.41, 5.74) is 8.96. The number of nitrogen functional groups attached to an aromatic ring is 1. The molecule has 0 spiro atoms. The topological polar surface area (TPSA) is 72.6 Å². The third-order valence-corrected chi connectivity index (χ3v) is 4.18. The van der Waals surface area contributed by atoms with Gasteiger partial charge >= 0.3 is 5.97 Å². The van der Waals surface area contributed by atoms with Crippen LogP contribution in [0.25, 0.3) is 5.57 Å². The minimum Gasteiger partial charge on any atom is -0.452 e. The van der Waals surface area contributed by atoms with E-state index in [1.807, 2.05) is 18.2 Å². The molecular weight excluding hydrogens is 316 g/mol. The number of carbonyl (C=O) groups is 2. The van der Waals surface area contributed by atoms with E-state index in [0.717, 1.165) is 6.42 Å². The number of amides is 1. The SMILES string of the molecule is Nc1ccc(C(=O)OCC(=O)N2CC=C(c3ccccc3)CC2)cc1. The summed E-state index contributed by atoms with van der Waals surface area (Å²) < 4.78 is 5.10. The molecule has 2 aromatic rings. The lowest BCUT2D eigenvalue weighted by Crippen LogP contribution is -2.37. The molecule has 5 heteroatoms. The summed E-state index contributed by atoms with van der Waals surface area (Å²) in [7, 11) is 0. The first-order chi connectivity index (χ1) is 12.1. The first-order valence-corrected chi connectivity index (χ1v) is 8.18. The highest BCUT2D eigenvalue weighted by Gasteiger charge is 2.19. The zero-order valence-corrected chi connectivity index (χ0v) is 13.9. The van der Waals surface area contributed by atoms with Gasteiger partial charge in [-0.25, -0.2) is 4.79 Å². The molecule has 0 atom stereocenters. The van der Waals surface area contributed by atoms with Crippen molar-refractivity contribution in [1.29, 1.82) is 0 Å². The average Bonchev–Trinajstić information content (AvgIpc) is 2.67. The average molecular weight is 336 g/mol. The number of nitrogens with zero attached hydrogens (tertiary/aromatic N) is 1. The molecule has 0 radical (unpaired) electrons. The van der Waals surface area contributed by atoms with Gasteiger partial charge in [-0.05, 0) is 41.8 Å². The third-order valence-electron chi connectivity index (χ3n) is 4.18. The molecule has 1 aliphatic rings. The molecule has 128 valence electrons. The maximum atomic E-state index is 12.2. The van der Waals surface area contributed by atoms with Gasteiger partial charge in [-0.1, -0.05) is 36.4 Å². The number of anilines is 1. The molecule has 0 aliphatic carbocycles. The molecule has 1 amide bonds. The van der Waals surface area contributed by atoms with Gasteiger partial charge in [-0.15, -0.1) is 0 Å². The minimum atomic E-state index is -0.522. The summed E-state index contributed by atoms with van der Waals surface area (Å²) in [6, 6.07) is 16.5. The van der Waals surface area contributed by atoms with E-state index < -0.39 is 5.97 Å². The van der Waals surface area contributed by atoms with Crippen LogP contribution >= 0.6 is 0 Å². The predicted octanol–water partition coefficient (Wildman–Crippen LogP) is 2.74. The number of ether oxygens (including phenoxy) is 1. The van der Waals surface area contributed by atoms with Crippen molar-refractivity contribution in [2.75, 3.05) is 25.4 Å². The Labute approximate surface area is 146 Å². The number of carbonyl (C=O) groups excluding carboxylic acids is 2. The van der Waals surface area contributed by atoms with E-state index in [2.05, 4.69) is 18.2 Å². The summed E-state index contributed by atoms with van der Waals surface area (Å²) in [6.07, 6.45) is 2.85. The maximum absolute atomic E-state index is 12.2. The summed E-state index contributed by atoms with van der Waals surface area (Å²) in [5.74, 6) is -0.710. The number of hydrogen-bond acceptors (Lipinski definition) is 4. The van der Waals surface area contributed by atoms with E-state index >= 15 is 0 Å². The Hall–Kier alpha value is -3.08. The molecule has 3 rings (SSSR count). The van der Waals surface area contributed by atoms with E-state index in [-0.39, 0.29) is 12.5 Å². The Morgan fingerprint density at radius 1 is 1.04 bits per heavy atom. The Balaban J connectivity index is 1.52. The summed E-state index contributed by atoms with van der Waals surface area (Å²) in [6.45, 7) is 0.902. The van der Waals surface area contributed by atoms with Gasteiger partial charge in [0.2, 0.25) is 0 Å². The van der Waals surface area contributed by atoms with Crippen molar-refractivity contribution >= 4 is 23.1 Å². The van der Waals surface area contributed by atoms with Gasteiger partial charge < -0.3 is 15.4 Å². The van der Waals surface area contributed by atoms with Crippen molar-refractivity contribution in [2.24, 2.45) is 0 Å². The normalized spacial score (nSPS) is 13.9. The van der Waals surface area contributed by atoms with Gasteiger partial charge in [0, 0.05) is 18.8 Å². The largest absolute Gasteiger partial charge is 0.452 e. The quantitative estimate of drug-likeness (QED) is 0.688. The van der Waals surface area contributed by atoms with Gasteiger partial charge in [-0.2, -0.15) is 0 Å². The van der Waals surface area contributed by atoms with Gasteiger partial charge in [0.05, 0.1) is 5.56 Å². The molecule has 1 heterocycles. The Morgan fingerprint density at radius 2 is 1.76 bits per heavy atom. The van der Waals surface area contributed by atoms with Crippen LogP contribution in [0, 0.1) is 0 Å². The van der Waals surface area contributed by atoms with E-state index in [4.69, 9.17) is 10.5 Å². The van der Waals surface area contributed by atoms with E-state index in [0.29, 0.717) is 24.3 Å². The van der Waals surface area contributed by atoms with E-state index in [9.17, 15) is 9.59 Å². The Kier molecular flexibility index (Phi) is 5.14. The molecule has 2 aromatic carbocycles. The molecule has 0 saturated heterocycles. The predicted molar refractivity (Wildman–Crippen MR) is 96.8 cm³/mol. The molecule has 0 unspecified atom stereocenters. The van der Waals surface area contributed by atoms with Crippen LogP contribution < -0.4 is 5.73 Å². The maximum Gasteiger partial charge on any atom is 0.338 e. The Morgan fingerprint density at radius 3 is 2.40 bits per heavy atom. The number of nitrogens with two attached hydrogens (primary N) is 1. The van der Waals surface area contributed by atoms with Gasteiger partial charge in [0.1, 0.15) is 0 Å². The minimum absolute atomic E-state index is 0.188. The van der Waals surface area contributed by atoms with Crippen LogP contribution in [0.15, 0.2) is 60.7 Å². The molecule has 0 bridgehead atoms. The van der Waals surface area contributed by atoms with Crippen LogP contribution in [0.2, 0.25) is 0 Å². The van der Waals surface area contributed by atoms with Crippen molar-refractivity contribution < 1.29 is 14.3 Å². The summed E-state index contributed by atoms with van der Waals surface area (Å²) >= 11 is 0. The van der Waals surface area contributed by atoms with Crippen molar-refractivity contribution in [3.8, 4) is 0 Å². The van der Waals surface area contributed by atoms with Crippen molar-refractivity contribution in [1.82, 2.24) is 4.90 Å². The second kappa shape index (κ2) is 7.66. The van der Waals surface area contributed by atoms with Crippen molar-refractivity contribution in [2.45, 2.75) is 6.42 Å². The molecule has 2 N–H and O–H groups in total. The van der Waals surface area contributed by atoms with Crippen LogP contribution in [0.3, 0.4) is 0 Å². The number of esters is 1.